The van der Waals surface area contributed by atoms with Gasteiger partial charge in [0.15, 0.2) is 0 Å². The molecule has 2 aliphatic rings. The van der Waals surface area contributed by atoms with Gasteiger partial charge in [-0.05, 0) is 56.2 Å². The van der Waals surface area contributed by atoms with Gasteiger partial charge in [-0.25, -0.2) is 4.98 Å². The second kappa shape index (κ2) is 6.45. The van der Waals surface area contributed by atoms with E-state index in [1.807, 2.05) is 12.1 Å². The van der Waals surface area contributed by atoms with Crippen LogP contribution < -0.4 is 0 Å². The Hall–Kier alpha value is -2.06. The number of furan rings is 1. The summed E-state index contributed by atoms with van der Waals surface area (Å²) in [6.45, 7) is 0. The standard InChI is InChI=1S/C19H18N2O2S/c20-10-14-18(17-6-3-9-23-17)13-4-1-2-5-15(13)21-19(14)24-11-16(22)12-7-8-12/h3,6,9,12H,1-2,4-5,7-8,11H2. The van der Waals surface area contributed by atoms with Crippen LogP contribution >= 0.6 is 11.8 Å². The number of aromatic nitrogens is 1. The zero-order valence-electron chi connectivity index (χ0n) is 13.4. The van der Waals surface area contributed by atoms with Gasteiger partial charge in [-0.2, -0.15) is 5.26 Å². The summed E-state index contributed by atoms with van der Waals surface area (Å²) in [6, 6.07) is 6.06. The summed E-state index contributed by atoms with van der Waals surface area (Å²) in [5.41, 5.74) is 3.64. The third-order valence-electron chi connectivity index (χ3n) is 4.70. The highest BCUT2D eigenvalue weighted by molar-refractivity contribution is 8.00. The van der Waals surface area contributed by atoms with Crippen molar-refractivity contribution < 1.29 is 9.21 Å². The quantitative estimate of drug-likeness (QED) is 0.766. The minimum atomic E-state index is 0.241. The first-order valence-electron chi connectivity index (χ1n) is 8.43. The first kappa shape index (κ1) is 15.5. The average Bonchev–Trinajstić information content (AvgIpc) is 3.33. The fourth-order valence-electron chi connectivity index (χ4n) is 3.28. The molecule has 0 atom stereocenters. The van der Waals surface area contributed by atoms with Gasteiger partial charge in [0, 0.05) is 17.2 Å². The third-order valence-corrected chi connectivity index (χ3v) is 5.70. The summed E-state index contributed by atoms with van der Waals surface area (Å²) in [6.07, 6.45) is 7.75. The van der Waals surface area contributed by atoms with Crippen LogP contribution in [0.15, 0.2) is 27.8 Å². The molecule has 0 saturated heterocycles. The van der Waals surface area contributed by atoms with Gasteiger partial charge in [0.05, 0.1) is 17.6 Å². The van der Waals surface area contributed by atoms with Crippen molar-refractivity contribution in [2.24, 2.45) is 5.92 Å². The number of carbonyl (C=O) groups excluding carboxylic acids is 1. The lowest BCUT2D eigenvalue weighted by atomic mass is 9.89. The molecule has 0 radical (unpaired) electrons. The average molecular weight is 338 g/mol. The lowest BCUT2D eigenvalue weighted by Gasteiger charge is -2.20. The molecule has 0 N–H and O–H groups in total. The van der Waals surface area contributed by atoms with Crippen molar-refractivity contribution in [1.82, 2.24) is 4.98 Å². The number of nitrogens with zero attached hydrogens (tertiary/aromatic N) is 2. The first-order chi connectivity index (χ1) is 11.8. The van der Waals surface area contributed by atoms with Crippen molar-refractivity contribution in [1.29, 1.82) is 5.26 Å². The number of ketones is 1. The summed E-state index contributed by atoms with van der Waals surface area (Å²) < 4.78 is 5.60. The van der Waals surface area contributed by atoms with Crippen LogP contribution in [0.2, 0.25) is 0 Å². The molecule has 2 aliphatic carbocycles. The molecular weight excluding hydrogens is 320 g/mol. The molecule has 0 amide bonds. The summed E-state index contributed by atoms with van der Waals surface area (Å²) in [5, 5.41) is 10.4. The summed E-state index contributed by atoms with van der Waals surface area (Å²) >= 11 is 1.41. The van der Waals surface area contributed by atoms with Crippen LogP contribution in [0, 0.1) is 17.2 Å². The van der Waals surface area contributed by atoms with E-state index in [0.717, 1.165) is 61.1 Å². The van der Waals surface area contributed by atoms with E-state index in [4.69, 9.17) is 9.40 Å². The number of rotatable bonds is 5. The minimum absolute atomic E-state index is 0.241. The van der Waals surface area contributed by atoms with Crippen LogP contribution in [-0.2, 0) is 17.6 Å². The second-order valence-corrected chi connectivity index (χ2v) is 7.38. The normalized spacial score (nSPS) is 16.5. The fraction of sp³-hybridized carbons (Fsp3) is 0.421. The maximum absolute atomic E-state index is 12.0. The minimum Gasteiger partial charge on any atom is -0.464 e. The topological polar surface area (TPSA) is 66.9 Å². The molecule has 0 bridgehead atoms. The lowest BCUT2D eigenvalue weighted by Crippen LogP contribution is -2.11. The predicted octanol–water partition coefficient (Wildman–Crippen LogP) is 4.16. The Morgan fingerprint density at radius 2 is 2.21 bits per heavy atom. The van der Waals surface area contributed by atoms with Crippen LogP contribution in [0.3, 0.4) is 0 Å². The van der Waals surface area contributed by atoms with E-state index in [1.165, 1.54) is 11.8 Å². The molecule has 0 aliphatic heterocycles. The van der Waals surface area contributed by atoms with Gasteiger partial charge in [-0.1, -0.05) is 11.8 Å². The zero-order chi connectivity index (χ0) is 16.5. The first-order valence-corrected chi connectivity index (χ1v) is 9.41. The number of Topliss-reactive ketones (excluding diaryl/α,β-unsaturated/α-hetero) is 1. The SMILES string of the molecule is N#Cc1c(SCC(=O)C2CC2)nc2c(c1-c1ccco1)CCCC2. The number of hydrogen-bond donors (Lipinski definition) is 0. The van der Waals surface area contributed by atoms with Gasteiger partial charge in [-0.15, -0.1) is 0 Å². The van der Waals surface area contributed by atoms with Crippen molar-refractivity contribution >= 4 is 17.5 Å². The summed E-state index contributed by atoms with van der Waals surface area (Å²) in [5.74, 6) is 1.65. The number of pyridine rings is 1. The second-order valence-electron chi connectivity index (χ2n) is 6.42. The zero-order valence-corrected chi connectivity index (χ0v) is 14.2. The molecule has 24 heavy (non-hydrogen) atoms. The number of carbonyl (C=O) groups is 1. The molecule has 1 fully saturated rings. The van der Waals surface area contributed by atoms with E-state index in [-0.39, 0.29) is 11.7 Å². The molecule has 0 aromatic carbocycles. The Kier molecular flexibility index (Phi) is 4.15. The summed E-state index contributed by atoms with van der Waals surface area (Å²) in [4.78, 5) is 16.8. The Morgan fingerprint density at radius 3 is 2.92 bits per heavy atom. The molecule has 5 heteroatoms. The van der Waals surface area contributed by atoms with Gasteiger partial charge in [0.25, 0.3) is 0 Å². The highest BCUT2D eigenvalue weighted by Gasteiger charge is 2.30. The molecule has 0 spiro atoms. The molecular formula is C19H18N2O2S. The third kappa shape index (κ3) is 2.87. The Labute approximate surface area is 145 Å². The van der Waals surface area contributed by atoms with Crippen molar-refractivity contribution in [2.75, 3.05) is 5.75 Å². The van der Waals surface area contributed by atoms with Gasteiger partial charge in [0.2, 0.25) is 0 Å². The summed E-state index contributed by atoms with van der Waals surface area (Å²) in [7, 11) is 0. The van der Waals surface area contributed by atoms with Crippen LogP contribution in [0.1, 0.15) is 42.5 Å². The molecule has 4 rings (SSSR count). The largest absolute Gasteiger partial charge is 0.464 e. The van der Waals surface area contributed by atoms with Gasteiger partial charge >= 0.3 is 0 Å². The molecule has 122 valence electrons. The van der Waals surface area contributed by atoms with Crippen LogP contribution in [0.25, 0.3) is 11.3 Å². The molecule has 0 unspecified atom stereocenters. The highest BCUT2D eigenvalue weighted by Crippen LogP contribution is 2.39. The van der Waals surface area contributed by atoms with Crippen molar-refractivity contribution in [3.63, 3.8) is 0 Å². The van der Waals surface area contributed by atoms with E-state index in [0.29, 0.717) is 16.3 Å². The highest BCUT2D eigenvalue weighted by atomic mass is 32.2. The number of fused-ring (bicyclic) bond motifs is 1. The van der Waals surface area contributed by atoms with Crippen molar-refractivity contribution in [2.45, 2.75) is 43.6 Å². The van der Waals surface area contributed by atoms with Crippen LogP contribution in [0.4, 0.5) is 0 Å². The van der Waals surface area contributed by atoms with E-state index < -0.39 is 0 Å². The van der Waals surface area contributed by atoms with E-state index in [9.17, 15) is 10.1 Å². The van der Waals surface area contributed by atoms with Crippen LogP contribution in [0.5, 0.6) is 0 Å². The smallest absolute Gasteiger partial charge is 0.146 e. The maximum atomic E-state index is 12.0. The fourth-order valence-corrected chi connectivity index (χ4v) is 4.26. The molecule has 2 aromatic heterocycles. The monoisotopic (exact) mass is 338 g/mol. The van der Waals surface area contributed by atoms with Crippen molar-refractivity contribution in [3.8, 4) is 17.4 Å². The van der Waals surface area contributed by atoms with Gasteiger partial charge < -0.3 is 4.42 Å². The Bertz CT molecular complexity index is 817. The van der Waals surface area contributed by atoms with Crippen LogP contribution in [-0.4, -0.2) is 16.5 Å². The maximum Gasteiger partial charge on any atom is 0.146 e. The lowest BCUT2D eigenvalue weighted by molar-refractivity contribution is -0.117. The van der Waals surface area contributed by atoms with E-state index in [1.54, 1.807) is 6.26 Å². The number of hydrogen-bond acceptors (Lipinski definition) is 5. The Morgan fingerprint density at radius 1 is 1.38 bits per heavy atom. The number of aryl methyl sites for hydroxylation is 1. The number of thioether (sulfide) groups is 1. The van der Waals surface area contributed by atoms with E-state index >= 15 is 0 Å². The number of nitriles is 1. The van der Waals surface area contributed by atoms with Gasteiger partial charge in [-0.3, -0.25) is 4.79 Å². The van der Waals surface area contributed by atoms with Crippen molar-refractivity contribution in [3.05, 3.63) is 35.2 Å². The molecule has 2 aromatic rings. The van der Waals surface area contributed by atoms with E-state index in [2.05, 4.69) is 6.07 Å². The molecule has 2 heterocycles. The molecule has 4 nitrogen and oxygen atoms in total. The van der Waals surface area contributed by atoms with Gasteiger partial charge in [0.1, 0.15) is 22.6 Å². The Balaban J connectivity index is 1.77. The molecule has 1 saturated carbocycles. The predicted molar refractivity (Wildman–Crippen MR) is 91.8 cm³/mol.